The predicted molar refractivity (Wildman–Crippen MR) is 58.0 cm³/mol. The number of hydrogen-bond acceptors (Lipinski definition) is 3. The minimum absolute atomic E-state index is 0.123. The zero-order valence-corrected chi connectivity index (χ0v) is 9.27. The lowest BCUT2D eigenvalue weighted by molar-refractivity contribution is -0.138. The minimum Gasteiger partial charge on any atom is -0.493 e. The molecule has 1 aliphatic carbocycles. The molecular formula is C12H14O4. The van der Waals surface area contributed by atoms with Gasteiger partial charge in [-0.25, -0.2) is 0 Å². The first-order valence-electron chi connectivity index (χ1n) is 5.12. The first-order chi connectivity index (χ1) is 7.67. The molecule has 1 N–H and O–H groups in total. The van der Waals surface area contributed by atoms with Crippen molar-refractivity contribution in [3.8, 4) is 11.5 Å². The molecule has 2 atom stereocenters. The van der Waals surface area contributed by atoms with Gasteiger partial charge in [0.25, 0.3) is 0 Å². The minimum atomic E-state index is -0.722. The van der Waals surface area contributed by atoms with Gasteiger partial charge in [-0.05, 0) is 30.0 Å². The first kappa shape index (κ1) is 10.8. The average molecular weight is 222 g/mol. The summed E-state index contributed by atoms with van der Waals surface area (Å²) in [6.45, 7) is 0. The number of carboxylic acid groups (broad SMARTS) is 1. The topological polar surface area (TPSA) is 55.8 Å². The molecule has 86 valence electrons. The van der Waals surface area contributed by atoms with E-state index in [0.29, 0.717) is 17.9 Å². The highest BCUT2D eigenvalue weighted by molar-refractivity contribution is 5.75. The van der Waals surface area contributed by atoms with Crippen molar-refractivity contribution in [2.75, 3.05) is 14.2 Å². The predicted octanol–water partition coefficient (Wildman–Crippen LogP) is 1.89. The molecule has 4 nitrogen and oxygen atoms in total. The number of carboxylic acids is 1. The van der Waals surface area contributed by atoms with Gasteiger partial charge in [-0.15, -0.1) is 0 Å². The molecule has 0 unspecified atom stereocenters. The Balaban J connectivity index is 2.21. The molecule has 1 aromatic rings. The van der Waals surface area contributed by atoms with E-state index in [0.717, 1.165) is 5.56 Å². The Bertz CT molecular complexity index is 413. The van der Waals surface area contributed by atoms with Crippen molar-refractivity contribution >= 4 is 5.97 Å². The van der Waals surface area contributed by atoms with E-state index in [1.54, 1.807) is 14.2 Å². The molecule has 1 aromatic carbocycles. The average Bonchev–Trinajstić information content (AvgIpc) is 3.08. The van der Waals surface area contributed by atoms with Crippen molar-refractivity contribution in [1.82, 2.24) is 0 Å². The van der Waals surface area contributed by atoms with Crippen molar-refractivity contribution in [3.63, 3.8) is 0 Å². The van der Waals surface area contributed by atoms with Gasteiger partial charge >= 0.3 is 5.97 Å². The standard InChI is InChI=1S/C12H14O4/c1-15-10-4-3-7(5-11(10)16-2)8-6-9(8)12(13)14/h3-5,8-9H,6H2,1-2H3,(H,13,14)/t8-,9-/m0/s1. The van der Waals surface area contributed by atoms with Crippen LogP contribution in [0.4, 0.5) is 0 Å². The molecule has 0 aliphatic heterocycles. The second-order valence-corrected chi connectivity index (χ2v) is 3.90. The van der Waals surface area contributed by atoms with Crippen LogP contribution in [0, 0.1) is 5.92 Å². The molecule has 1 aliphatic rings. The monoisotopic (exact) mass is 222 g/mol. The van der Waals surface area contributed by atoms with Gasteiger partial charge < -0.3 is 14.6 Å². The zero-order valence-electron chi connectivity index (χ0n) is 9.27. The summed E-state index contributed by atoms with van der Waals surface area (Å²) >= 11 is 0. The number of methoxy groups -OCH3 is 2. The van der Waals surface area contributed by atoms with E-state index in [9.17, 15) is 4.79 Å². The molecule has 4 heteroatoms. The van der Waals surface area contributed by atoms with Crippen molar-refractivity contribution in [2.45, 2.75) is 12.3 Å². The Labute approximate surface area is 93.8 Å². The summed E-state index contributed by atoms with van der Waals surface area (Å²) in [6.07, 6.45) is 0.713. The van der Waals surface area contributed by atoms with Crippen molar-refractivity contribution in [1.29, 1.82) is 0 Å². The van der Waals surface area contributed by atoms with E-state index >= 15 is 0 Å². The van der Waals surface area contributed by atoms with Crippen LogP contribution >= 0.6 is 0 Å². The summed E-state index contributed by atoms with van der Waals surface area (Å²) < 4.78 is 10.3. The van der Waals surface area contributed by atoms with Crippen molar-refractivity contribution < 1.29 is 19.4 Å². The number of carbonyl (C=O) groups is 1. The van der Waals surface area contributed by atoms with Gasteiger partial charge in [0.05, 0.1) is 20.1 Å². The third-order valence-electron chi connectivity index (χ3n) is 2.94. The van der Waals surface area contributed by atoms with Crippen LogP contribution in [-0.2, 0) is 4.79 Å². The molecular weight excluding hydrogens is 208 g/mol. The SMILES string of the molecule is COc1ccc([C@@H]2C[C@@H]2C(=O)O)cc1OC. The van der Waals surface area contributed by atoms with E-state index in [2.05, 4.69) is 0 Å². The number of rotatable bonds is 4. The highest BCUT2D eigenvalue weighted by atomic mass is 16.5. The van der Waals surface area contributed by atoms with Gasteiger partial charge in [0.1, 0.15) is 0 Å². The van der Waals surface area contributed by atoms with Crippen molar-refractivity contribution in [3.05, 3.63) is 23.8 Å². The summed E-state index contributed by atoms with van der Waals surface area (Å²) in [6, 6.07) is 5.56. The third kappa shape index (κ3) is 1.83. The van der Waals surface area contributed by atoms with Crippen molar-refractivity contribution in [2.24, 2.45) is 5.92 Å². The summed E-state index contributed by atoms with van der Waals surface area (Å²) in [5.74, 6) is 0.477. The lowest BCUT2D eigenvalue weighted by Gasteiger charge is -2.08. The molecule has 0 saturated heterocycles. The molecule has 0 radical (unpaired) electrons. The number of hydrogen-bond donors (Lipinski definition) is 1. The fourth-order valence-corrected chi connectivity index (χ4v) is 1.92. The highest BCUT2D eigenvalue weighted by Crippen LogP contribution is 2.49. The summed E-state index contributed by atoms with van der Waals surface area (Å²) in [7, 11) is 3.15. The van der Waals surface area contributed by atoms with E-state index in [1.165, 1.54) is 0 Å². The fraction of sp³-hybridized carbons (Fsp3) is 0.417. The molecule has 0 heterocycles. The maximum Gasteiger partial charge on any atom is 0.307 e. The fourth-order valence-electron chi connectivity index (χ4n) is 1.92. The molecule has 0 amide bonds. The highest BCUT2D eigenvalue weighted by Gasteiger charge is 2.44. The second kappa shape index (κ2) is 4.04. The molecule has 0 bridgehead atoms. The lowest BCUT2D eigenvalue weighted by atomic mass is 10.1. The molecule has 16 heavy (non-hydrogen) atoms. The largest absolute Gasteiger partial charge is 0.493 e. The maximum atomic E-state index is 10.8. The molecule has 0 spiro atoms. The molecule has 1 saturated carbocycles. The van der Waals surface area contributed by atoms with Gasteiger partial charge in [-0.1, -0.05) is 6.07 Å². The van der Waals surface area contributed by atoms with Crippen LogP contribution in [0.1, 0.15) is 17.9 Å². The van der Waals surface area contributed by atoms with Crippen LogP contribution in [0.25, 0.3) is 0 Å². The van der Waals surface area contributed by atoms with Crippen LogP contribution in [0.2, 0.25) is 0 Å². The summed E-state index contributed by atoms with van der Waals surface area (Å²) in [5.41, 5.74) is 1.00. The van der Waals surface area contributed by atoms with Crippen LogP contribution in [0.5, 0.6) is 11.5 Å². The number of ether oxygens (including phenoxy) is 2. The van der Waals surface area contributed by atoms with Crippen LogP contribution < -0.4 is 9.47 Å². The normalized spacial score (nSPS) is 22.6. The van der Waals surface area contributed by atoms with Gasteiger partial charge in [-0.2, -0.15) is 0 Å². The van der Waals surface area contributed by atoms with Crippen LogP contribution in [0.15, 0.2) is 18.2 Å². The Morgan fingerprint density at radius 3 is 2.50 bits per heavy atom. The molecule has 2 rings (SSSR count). The van der Waals surface area contributed by atoms with Crippen LogP contribution in [0.3, 0.4) is 0 Å². The van der Waals surface area contributed by atoms with E-state index < -0.39 is 5.97 Å². The number of aliphatic carboxylic acids is 1. The maximum absolute atomic E-state index is 10.8. The quantitative estimate of drug-likeness (QED) is 0.845. The van der Waals surface area contributed by atoms with E-state index in [1.807, 2.05) is 18.2 Å². The Morgan fingerprint density at radius 1 is 1.31 bits per heavy atom. The summed E-state index contributed by atoms with van der Waals surface area (Å²) in [4.78, 5) is 10.8. The number of benzene rings is 1. The van der Waals surface area contributed by atoms with Gasteiger partial charge in [0.15, 0.2) is 11.5 Å². The third-order valence-corrected chi connectivity index (χ3v) is 2.94. The first-order valence-corrected chi connectivity index (χ1v) is 5.12. The lowest BCUT2D eigenvalue weighted by Crippen LogP contribution is -1.99. The van der Waals surface area contributed by atoms with Gasteiger partial charge in [0, 0.05) is 0 Å². The molecule has 1 fully saturated rings. The zero-order chi connectivity index (χ0) is 11.7. The Morgan fingerprint density at radius 2 is 2.00 bits per heavy atom. The van der Waals surface area contributed by atoms with Crippen LogP contribution in [-0.4, -0.2) is 25.3 Å². The second-order valence-electron chi connectivity index (χ2n) is 3.90. The Hall–Kier alpha value is -1.71. The summed E-state index contributed by atoms with van der Waals surface area (Å²) in [5, 5.41) is 8.86. The smallest absolute Gasteiger partial charge is 0.307 e. The van der Waals surface area contributed by atoms with Gasteiger partial charge in [0.2, 0.25) is 0 Å². The van der Waals surface area contributed by atoms with E-state index in [-0.39, 0.29) is 11.8 Å². The molecule has 0 aromatic heterocycles. The Kier molecular flexibility index (Phi) is 2.73. The van der Waals surface area contributed by atoms with Gasteiger partial charge in [-0.3, -0.25) is 4.79 Å². The van der Waals surface area contributed by atoms with E-state index in [4.69, 9.17) is 14.6 Å².